The molecule has 0 bridgehead atoms. The van der Waals surface area contributed by atoms with Gasteiger partial charge in [0.1, 0.15) is 5.82 Å². The Morgan fingerprint density at radius 3 is 3.14 bits per heavy atom. The van der Waals surface area contributed by atoms with Crippen LogP contribution in [0.3, 0.4) is 0 Å². The molecule has 0 unspecified atom stereocenters. The van der Waals surface area contributed by atoms with Crippen LogP contribution in [0.1, 0.15) is 30.4 Å². The summed E-state index contributed by atoms with van der Waals surface area (Å²) in [5.74, 6) is 1.24. The van der Waals surface area contributed by atoms with Crippen LogP contribution < -0.4 is 0 Å². The zero-order valence-corrected chi connectivity index (χ0v) is 12.6. The lowest BCUT2D eigenvalue weighted by Crippen LogP contribution is -2.32. The highest BCUT2D eigenvalue weighted by atomic mass is 32.2. The number of aryl methyl sites for hydroxylation is 1. The van der Waals surface area contributed by atoms with Crippen molar-refractivity contribution in [2.45, 2.75) is 31.0 Å². The molecule has 1 saturated heterocycles. The van der Waals surface area contributed by atoms with Gasteiger partial charge in [-0.25, -0.2) is 4.98 Å². The fraction of sp³-hybridized carbons (Fsp3) is 0.429. The number of amides is 1. The first kappa shape index (κ1) is 14.1. The molecule has 1 fully saturated rings. The summed E-state index contributed by atoms with van der Waals surface area (Å²) < 4.78 is 0. The van der Waals surface area contributed by atoms with Crippen molar-refractivity contribution in [2.75, 3.05) is 12.3 Å². The Morgan fingerprint density at radius 2 is 2.43 bits per heavy atom. The molecule has 2 aromatic heterocycles. The van der Waals surface area contributed by atoms with Crippen molar-refractivity contribution in [3.8, 4) is 0 Å². The van der Waals surface area contributed by atoms with E-state index in [1.807, 2.05) is 30.0 Å². The average Bonchev–Trinajstić information content (AvgIpc) is 3.14. The Hall–Kier alpha value is -1.89. The standard InChI is InChI=1S/C14H17N5OS/c1-10-16-14(18-17-10)21-9-13(20)19-8-4-6-12(19)11-5-2-3-7-15-11/h2-3,5,7,12H,4,6,8-9H2,1H3,(H,16,17,18)/t12-/m1/s1. The van der Waals surface area contributed by atoms with Crippen molar-refractivity contribution in [3.63, 3.8) is 0 Å². The average molecular weight is 303 g/mol. The third-order valence-corrected chi connectivity index (χ3v) is 4.34. The summed E-state index contributed by atoms with van der Waals surface area (Å²) in [6, 6.07) is 5.95. The minimum Gasteiger partial charge on any atom is -0.333 e. The van der Waals surface area contributed by atoms with Gasteiger partial charge in [0.05, 0.1) is 17.5 Å². The van der Waals surface area contributed by atoms with Crippen LogP contribution in [0.15, 0.2) is 29.6 Å². The lowest BCUT2D eigenvalue weighted by Gasteiger charge is -2.24. The van der Waals surface area contributed by atoms with E-state index in [-0.39, 0.29) is 11.9 Å². The number of carbonyl (C=O) groups is 1. The van der Waals surface area contributed by atoms with Crippen LogP contribution in [0.25, 0.3) is 0 Å². The summed E-state index contributed by atoms with van der Waals surface area (Å²) in [5.41, 5.74) is 0.974. The van der Waals surface area contributed by atoms with Gasteiger partial charge < -0.3 is 4.90 Å². The number of nitrogens with one attached hydrogen (secondary N) is 1. The number of nitrogens with zero attached hydrogens (tertiary/aromatic N) is 4. The predicted molar refractivity (Wildman–Crippen MR) is 79.8 cm³/mol. The first-order valence-corrected chi connectivity index (χ1v) is 7.95. The highest BCUT2D eigenvalue weighted by Crippen LogP contribution is 2.31. The molecular weight excluding hydrogens is 286 g/mol. The number of thioether (sulfide) groups is 1. The summed E-state index contributed by atoms with van der Waals surface area (Å²) in [4.78, 5) is 22.9. The molecule has 0 aromatic carbocycles. The van der Waals surface area contributed by atoms with Crippen molar-refractivity contribution < 1.29 is 4.79 Å². The first-order valence-electron chi connectivity index (χ1n) is 6.96. The van der Waals surface area contributed by atoms with Gasteiger partial charge in [-0.3, -0.25) is 14.9 Å². The van der Waals surface area contributed by atoms with Crippen LogP contribution in [-0.4, -0.2) is 43.3 Å². The molecule has 0 spiro atoms. The van der Waals surface area contributed by atoms with E-state index in [1.54, 1.807) is 6.20 Å². The summed E-state index contributed by atoms with van der Waals surface area (Å²) in [6.45, 7) is 2.64. The van der Waals surface area contributed by atoms with Crippen LogP contribution in [0.4, 0.5) is 0 Å². The van der Waals surface area contributed by atoms with Crippen molar-refractivity contribution in [2.24, 2.45) is 0 Å². The molecule has 3 rings (SSSR count). The van der Waals surface area contributed by atoms with Gasteiger partial charge in [-0.15, -0.1) is 5.10 Å². The second-order valence-corrected chi connectivity index (χ2v) is 5.93. The Bertz CT molecular complexity index is 615. The van der Waals surface area contributed by atoms with Gasteiger partial charge >= 0.3 is 0 Å². The highest BCUT2D eigenvalue weighted by Gasteiger charge is 2.30. The zero-order valence-electron chi connectivity index (χ0n) is 11.8. The van der Waals surface area contributed by atoms with Crippen molar-refractivity contribution in [1.29, 1.82) is 0 Å². The number of hydrogen-bond donors (Lipinski definition) is 1. The van der Waals surface area contributed by atoms with Gasteiger partial charge in [0.25, 0.3) is 0 Å². The Labute approximate surface area is 127 Å². The zero-order chi connectivity index (χ0) is 14.7. The van der Waals surface area contributed by atoms with Crippen molar-refractivity contribution in [1.82, 2.24) is 25.1 Å². The Balaban J connectivity index is 1.63. The van der Waals surface area contributed by atoms with E-state index >= 15 is 0 Å². The minimum absolute atomic E-state index is 0.105. The molecule has 3 heterocycles. The van der Waals surface area contributed by atoms with Gasteiger partial charge in [0.15, 0.2) is 0 Å². The number of aromatic nitrogens is 4. The van der Waals surface area contributed by atoms with Crippen LogP contribution >= 0.6 is 11.8 Å². The second kappa shape index (κ2) is 6.26. The normalized spacial score (nSPS) is 18.1. The van der Waals surface area contributed by atoms with E-state index in [0.717, 1.165) is 30.9 Å². The smallest absolute Gasteiger partial charge is 0.233 e. The monoisotopic (exact) mass is 303 g/mol. The van der Waals surface area contributed by atoms with Crippen LogP contribution in [0.2, 0.25) is 0 Å². The van der Waals surface area contributed by atoms with Crippen LogP contribution in [0.5, 0.6) is 0 Å². The SMILES string of the molecule is Cc1nc(SCC(=O)N2CCC[C@@H]2c2ccccn2)n[nH]1. The molecule has 1 aliphatic rings. The van der Waals surface area contributed by atoms with E-state index < -0.39 is 0 Å². The number of H-pyrrole nitrogens is 1. The van der Waals surface area contributed by atoms with Crippen LogP contribution in [-0.2, 0) is 4.79 Å². The van der Waals surface area contributed by atoms with Gasteiger partial charge in [0, 0.05) is 12.7 Å². The third kappa shape index (κ3) is 3.24. The number of rotatable bonds is 4. The summed E-state index contributed by atoms with van der Waals surface area (Å²) in [7, 11) is 0. The number of carbonyl (C=O) groups excluding carboxylic acids is 1. The fourth-order valence-electron chi connectivity index (χ4n) is 2.54. The molecule has 110 valence electrons. The molecule has 1 amide bonds. The first-order chi connectivity index (χ1) is 10.2. The summed E-state index contributed by atoms with van der Waals surface area (Å²) >= 11 is 1.37. The van der Waals surface area contributed by atoms with E-state index in [1.165, 1.54) is 11.8 Å². The molecule has 0 radical (unpaired) electrons. The third-order valence-electron chi connectivity index (χ3n) is 3.50. The maximum atomic E-state index is 12.4. The van der Waals surface area contributed by atoms with Crippen molar-refractivity contribution in [3.05, 3.63) is 35.9 Å². The largest absolute Gasteiger partial charge is 0.333 e. The molecule has 21 heavy (non-hydrogen) atoms. The quantitative estimate of drug-likeness (QED) is 0.874. The molecule has 1 atom stereocenters. The highest BCUT2D eigenvalue weighted by molar-refractivity contribution is 7.99. The molecule has 1 aliphatic heterocycles. The summed E-state index contributed by atoms with van der Waals surface area (Å²) in [5, 5.41) is 7.43. The molecular formula is C14H17N5OS. The number of pyridine rings is 1. The van der Waals surface area contributed by atoms with Gasteiger partial charge in [-0.2, -0.15) is 0 Å². The fourth-order valence-corrected chi connectivity index (χ4v) is 3.27. The topological polar surface area (TPSA) is 74.8 Å². The van der Waals surface area contributed by atoms with Gasteiger partial charge in [-0.1, -0.05) is 17.8 Å². The molecule has 7 heteroatoms. The molecule has 6 nitrogen and oxygen atoms in total. The van der Waals surface area contributed by atoms with Crippen LogP contribution in [0, 0.1) is 6.92 Å². The van der Waals surface area contributed by atoms with Crippen molar-refractivity contribution >= 4 is 17.7 Å². The van der Waals surface area contributed by atoms with E-state index in [9.17, 15) is 4.79 Å². The maximum Gasteiger partial charge on any atom is 0.233 e. The second-order valence-electron chi connectivity index (χ2n) is 4.99. The number of likely N-dealkylation sites (tertiary alicyclic amines) is 1. The predicted octanol–water partition coefficient (Wildman–Crippen LogP) is 1.96. The minimum atomic E-state index is 0.105. The molecule has 1 N–H and O–H groups in total. The Morgan fingerprint density at radius 1 is 1.52 bits per heavy atom. The Kier molecular flexibility index (Phi) is 4.19. The summed E-state index contributed by atoms with van der Waals surface area (Å²) in [6.07, 6.45) is 3.78. The van der Waals surface area contributed by atoms with Gasteiger partial charge in [0.2, 0.25) is 11.1 Å². The molecule has 0 saturated carbocycles. The van der Waals surface area contributed by atoms with E-state index in [0.29, 0.717) is 10.9 Å². The lowest BCUT2D eigenvalue weighted by molar-refractivity contribution is -0.129. The number of aromatic amines is 1. The maximum absolute atomic E-state index is 12.4. The molecule has 0 aliphatic carbocycles. The van der Waals surface area contributed by atoms with Gasteiger partial charge in [-0.05, 0) is 31.9 Å². The van der Waals surface area contributed by atoms with E-state index in [2.05, 4.69) is 20.2 Å². The van der Waals surface area contributed by atoms with E-state index in [4.69, 9.17) is 0 Å². The lowest BCUT2D eigenvalue weighted by atomic mass is 10.1. The molecule has 2 aromatic rings. The number of hydrogen-bond acceptors (Lipinski definition) is 5.